The van der Waals surface area contributed by atoms with Gasteiger partial charge in [-0.1, -0.05) is 13.0 Å². The Morgan fingerprint density at radius 1 is 1.07 bits per heavy atom. The molecule has 0 unspecified atom stereocenters. The predicted molar refractivity (Wildman–Crippen MR) is 116 cm³/mol. The minimum absolute atomic E-state index is 0.525. The molecule has 0 aromatic heterocycles. The number of hydrogen-bond donors (Lipinski definition) is 2. The molecule has 3 N–H and O–H groups in total. The summed E-state index contributed by atoms with van der Waals surface area (Å²) < 4.78 is 10.6. The number of ether oxygens (including phenoxy) is 2. The van der Waals surface area contributed by atoms with E-state index in [0.29, 0.717) is 5.96 Å². The summed E-state index contributed by atoms with van der Waals surface area (Å²) in [5, 5.41) is 3.19. The van der Waals surface area contributed by atoms with Crippen molar-refractivity contribution in [3.8, 4) is 11.5 Å². The van der Waals surface area contributed by atoms with Crippen LogP contribution in [0.1, 0.15) is 25.3 Å². The molecule has 1 fully saturated rings. The Balaban J connectivity index is 1.58. The number of guanidine groups is 1. The largest absolute Gasteiger partial charge is 0.493 e. The Kier molecular flexibility index (Phi) is 9.93. The standard InChI is InChI=1S/C21H37N5O2/c1-4-25-13-15-26(16-14-25)12-6-5-10-23-21(22)24-11-9-18-7-8-19(27-2)20(17-18)28-3/h7-8,17H,4-6,9-16H2,1-3H3,(H3,22,23,24). The van der Waals surface area contributed by atoms with Crippen molar-refractivity contribution in [2.75, 3.05) is 66.6 Å². The number of rotatable bonds is 11. The van der Waals surface area contributed by atoms with E-state index in [1.54, 1.807) is 14.2 Å². The number of nitrogens with two attached hydrogens (primary N) is 1. The van der Waals surface area contributed by atoms with Gasteiger partial charge in [0.05, 0.1) is 14.2 Å². The number of benzene rings is 1. The molecule has 1 aromatic rings. The summed E-state index contributed by atoms with van der Waals surface area (Å²) in [7, 11) is 3.29. The highest BCUT2D eigenvalue weighted by atomic mass is 16.5. The molecule has 0 amide bonds. The fraction of sp³-hybridized carbons (Fsp3) is 0.667. The molecule has 158 valence electrons. The number of hydrogen-bond acceptors (Lipinski definition) is 5. The highest BCUT2D eigenvalue weighted by Gasteiger charge is 2.14. The number of nitrogens with one attached hydrogen (secondary N) is 1. The molecule has 1 saturated heterocycles. The first kappa shape index (κ1) is 22.3. The first-order chi connectivity index (χ1) is 13.7. The van der Waals surface area contributed by atoms with E-state index >= 15 is 0 Å². The SMILES string of the molecule is CCN1CCN(CCCCN=C(N)NCCc2ccc(OC)c(OC)c2)CC1. The van der Waals surface area contributed by atoms with Crippen molar-refractivity contribution >= 4 is 5.96 Å². The molecular formula is C21H37N5O2. The molecule has 1 aliphatic rings. The maximum Gasteiger partial charge on any atom is 0.188 e. The van der Waals surface area contributed by atoms with E-state index in [1.165, 1.54) is 51.3 Å². The van der Waals surface area contributed by atoms with Crippen LogP contribution in [0.5, 0.6) is 11.5 Å². The van der Waals surface area contributed by atoms with E-state index in [4.69, 9.17) is 15.2 Å². The van der Waals surface area contributed by atoms with Gasteiger partial charge in [0, 0.05) is 39.3 Å². The molecule has 1 aromatic carbocycles. The quantitative estimate of drug-likeness (QED) is 0.339. The van der Waals surface area contributed by atoms with Crippen LogP contribution < -0.4 is 20.5 Å². The van der Waals surface area contributed by atoms with E-state index in [2.05, 4.69) is 27.0 Å². The summed E-state index contributed by atoms with van der Waals surface area (Å²) in [6, 6.07) is 5.96. The Hall–Kier alpha value is -1.99. The first-order valence-corrected chi connectivity index (χ1v) is 10.4. The Labute approximate surface area is 169 Å². The van der Waals surface area contributed by atoms with Crippen LogP contribution in [0.25, 0.3) is 0 Å². The van der Waals surface area contributed by atoms with Crippen LogP contribution in [0.15, 0.2) is 23.2 Å². The molecule has 0 spiro atoms. The Morgan fingerprint density at radius 2 is 1.79 bits per heavy atom. The van der Waals surface area contributed by atoms with Gasteiger partial charge in [0.2, 0.25) is 0 Å². The maximum atomic E-state index is 5.97. The van der Waals surface area contributed by atoms with Crippen LogP contribution in [0, 0.1) is 0 Å². The molecule has 0 bridgehead atoms. The van der Waals surface area contributed by atoms with Crippen molar-refractivity contribution in [2.24, 2.45) is 10.7 Å². The summed E-state index contributed by atoms with van der Waals surface area (Å²) in [5.41, 5.74) is 7.14. The summed E-state index contributed by atoms with van der Waals surface area (Å²) in [4.78, 5) is 9.50. The van der Waals surface area contributed by atoms with Gasteiger partial charge in [-0.25, -0.2) is 0 Å². The van der Waals surface area contributed by atoms with Crippen molar-refractivity contribution in [2.45, 2.75) is 26.2 Å². The van der Waals surface area contributed by atoms with Crippen molar-refractivity contribution in [3.63, 3.8) is 0 Å². The van der Waals surface area contributed by atoms with Gasteiger partial charge in [0.25, 0.3) is 0 Å². The van der Waals surface area contributed by atoms with Crippen LogP contribution in [0.4, 0.5) is 0 Å². The molecule has 7 heteroatoms. The molecule has 28 heavy (non-hydrogen) atoms. The van der Waals surface area contributed by atoms with Crippen LogP contribution in [0.3, 0.4) is 0 Å². The van der Waals surface area contributed by atoms with E-state index in [-0.39, 0.29) is 0 Å². The van der Waals surface area contributed by atoms with Crippen LogP contribution in [-0.2, 0) is 6.42 Å². The molecule has 7 nitrogen and oxygen atoms in total. The van der Waals surface area contributed by atoms with E-state index in [1.807, 2.05) is 18.2 Å². The molecule has 0 aliphatic carbocycles. The summed E-state index contributed by atoms with van der Waals surface area (Å²) in [6.07, 6.45) is 3.10. The monoisotopic (exact) mass is 391 g/mol. The van der Waals surface area contributed by atoms with Gasteiger partial charge in [0.15, 0.2) is 17.5 Å². The fourth-order valence-electron chi connectivity index (χ4n) is 3.40. The molecule has 1 aliphatic heterocycles. The maximum absolute atomic E-state index is 5.97. The van der Waals surface area contributed by atoms with Crippen molar-refractivity contribution in [1.29, 1.82) is 0 Å². The van der Waals surface area contributed by atoms with Gasteiger partial charge in [0.1, 0.15) is 0 Å². The third-order valence-corrected chi connectivity index (χ3v) is 5.24. The molecule has 2 rings (SSSR count). The number of nitrogens with zero attached hydrogens (tertiary/aromatic N) is 3. The van der Waals surface area contributed by atoms with Gasteiger partial charge in [-0.3, -0.25) is 4.99 Å². The number of unbranched alkanes of at least 4 members (excludes halogenated alkanes) is 1. The number of piperazine rings is 1. The van der Waals surface area contributed by atoms with Gasteiger partial charge >= 0.3 is 0 Å². The normalized spacial score (nSPS) is 16.2. The van der Waals surface area contributed by atoms with Gasteiger partial charge < -0.3 is 30.3 Å². The van der Waals surface area contributed by atoms with Crippen molar-refractivity contribution in [1.82, 2.24) is 15.1 Å². The lowest BCUT2D eigenvalue weighted by Gasteiger charge is -2.33. The Morgan fingerprint density at radius 3 is 2.46 bits per heavy atom. The zero-order chi connectivity index (χ0) is 20.2. The third kappa shape index (κ3) is 7.56. The van der Waals surface area contributed by atoms with Gasteiger partial charge in [-0.15, -0.1) is 0 Å². The van der Waals surface area contributed by atoms with Crippen molar-refractivity contribution < 1.29 is 9.47 Å². The summed E-state index contributed by atoms with van der Waals surface area (Å²) in [5.74, 6) is 2.02. The second kappa shape index (κ2) is 12.5. The molecule has 0 saturated carbocycles. The highest BCUT2D eigenvalue weighted by molar-refractivity contribution is 5.77. The lowest BCUT2D eigenvalue weighted by atomic mass is 10.1. The Bertz CT molecular complexity index is 600. The predicted octanol–water partition coefficient (Wildman–Crippen LogP) is 1.57. The second-order valence-corrected chi connectivity index (χ2v) is 7.12. The number of likely N-dealkylation sites (N-methyl/N-ethyl adjacent to an activating group) is 1. The van der Waals surface area contributed by atoms with Crippen LogP contribution in [0.2, 0.25) is 0 Å². The molecule has 1 heterocycles. The highest BCUT2D eigenvalue weighted by Crippen LogP contribution is 2.27. The van der Waals surface area contributed by atoms with E-state index in [9.17, 15) is 0 Å². The zero-order valence-corrected chi connectivity index (χ0v) is 17.7. The lowest BCUT2D eigenvalue weighted by molar-refractivity contribution is 0.136. The number of methoxy groups -OCH3 is 2. The zero-order valence-electron chi connectivity index (χ0n) is 17.7. The van der Waals surface area contributed by atoms with Crippen LogP contribution in [-0.4, -0.2) is 82.3 Å². The molecular weight excluding hydrogens is 354 g/mol. The minimum Gasteiger partial charge on any atom is -0.493 e. The summed E-state index contributed by atoms with van der Waals surface area (Å²) in [6.45, 7) is 10.9. The third-order valence-electron chi connectivity index (χ3n) is 5.24. The van der Waals surface area contributed by atoms with Crippen LogP contribution >= 0.6 is 0 Å². The number of aliphatic imine (C=N–C) groups is 1. The van der Waals surface area contributed by atoms with Gasteiger partial charge in [-0.05, 0) is 50.0 Å². The minimum atomic E-state index is 0.525. The summed E-state index contributed by atoms with van der Waals surface area (Å²) >= 11 is 0. The lowest BCUT2D eigenvalue weighted by Crippen LogP contribution is -2.46. The van der Waals surface area contributed by atoms with E-state index < -0.39 is 0 Å². The van der Waals surface area contributed by atoms with Crippen molar-refractivity contribution in [3.05, 3.63) is 23.8 Å². The van der Waals surface area contributed by atoms with Gasteiger partial charge in [-0.2, -0.15) is 0 Å². The smallest absolute Gasteiger partial charge is 0.188 e. The molecule has 0 atom stereocenters. The fourth-order valence-corrected chi connectivity index (χ4v) is 3.40. The topological polar surface area (TPSA) is 75.4 Å². The first-order valence-electron chi connectivity index (χ1n) is 10.4. The average molecular weight is 392 g/mol. The average Bonchev–Trinajstić information content (AvgIpc) is 2.73. The molecule has 0 radical (unpaired) electrons. The van der Waals surface area contributed by atoms with E-state index in [0.717, 1.165) is 37.4 Å². The second-order valence-electron chi connectivity index (χ2n) is 7.12.